The van der Waals surface area contributed by atoms with E-state index in [1.54, 1.807) is 18.2 Å². The molecule has 7 heteroatoms. The molecule has 1 amide bonds. The van der Waals surface area contributed by atoms with Crippen molar-refractivity contribution < 1.29 is 14.3 Å². The molecule has 144 valence electrons. The summed E-state index contributed by atoms with van der Waals surface area (Å²) in [4.78, 5) is 27.7. The number of thioether (sulfide) groups is 1. The molecule has 1 heterocycles. The van der Waals surface area contributed by atoms with Crippen LogP contribution in [0.2, 0.25) is 0 Å². The molecule has 0 saturated carbocycles. The number of esters is 1. The van der Waals surface area contributed by atoms with Crippen molar-refractivity contribution in [2.75, 3.05) is 6.61 Å². The zero-order valence-corrected chi connectivity index (χ0v) is 18.4. The normalized spacial score (nSPS) is 16.5. The zero-order chi connectivity index (χ0) is 20.1. The Morgan fingerprint density at radius 1 is 1.21 bits per heavy atom. The van der Waals surface area contributed by atoms with Crippen molar-refractivity contribution in [3.8, 4) is 0 Å². The number of rotatable bonds is 6. The van der Waals surface area contributed by atoms with Gasteiger partial charge in [0.2, 0.25) is 0 Å². The Morgan fingerprint density at radius 3 is 2.54 bits per heavy atom. The second-order valence-corrected chi connectivity index (χ2v) is 8.68. The first-order valence-corrected chi connectivity index (χ1v) is 10.8. The van der Waals surface area contributed by atoms with Crippen LogP contribution in [-0.2, 0) is 14.3 Å². The van der Waals surface area contributed by atoms with Crippen LogP contribution in [0.3, 0.4) is 0 Å². The van der Waals surface area contributed by atoms with E-state index < -0.39 is 12.0 Å². The van der Waals surface area contributed by atoms with Crippen molar-refractivity contribution in [2.24, 2.45) is 0 Å². The monoisotopic (exact) mass is 475 g/mol. The number of halogens is 1. The molecule has 1 unspecified atom stereocenters. The number of carbonyl (C=O) groups is 2. The molecule has 2 aromatic rings. The third kappa shape index (κ3) is 4.71. The van der Waals surface area contributed by atoms with Gasteiger partial charge in [-0.05, 0) is 35.8 Å². The lowest BCUT2D eigenvalue weighted by Gasteiger charge is -2.25. The molecule has 3 rings (SSSR count). The van der Waals surface area contributed by atoms with Gasteiger partial charge in [0, 0.05) is 4.47 Å². The molecule has 0 radical (unpaired) electrons. The molecule has 28 heavy (non-hydrogen) atoms. The maximum Gasteiger partial charge on any atom is 0.333 e. The first kappa shape index (κ1) is 20.8. The lowest BCUT2D eigenvalue weighted by Crippen LogP contribution is -2.38. The second kappa shape index (κ2) is 9.49. The van der Waals surface area contributed by atoms with Crippen molar-refractivity contribution in [3.05, 3.63) is 75.1 Å². The fraction of sp³-hybridized carbons (Fsp3) is 0.190. The summed E-state index contributed by atoms with van der Waals surface area (Å²) in [6.45, 7) is 2.22. The van der Waals surface area contributed by atoms with Gasteiger partial charge in [0.25, 0.3) is 5.91 Å². The first-order chi connectivity index (χ1) is 13.5. The fourth-order valence-corrected chi connectivity index (χ4v) is 4.30. The van der Waals surface area contributed by atoms with Gasteiger partial charge in [-0.2, -0.15) is 0 Å². The van der Waals surface area contributed by atoms with Gasteiger partial charge in [-0.15, -0.1) is 0 Å². The molecule has 1 aliphatic rings. The van der Waals surface area contributed by atoms with Crippen LogP contribution in [0.1, 0.15) is 30.5 Å². The van der Waals surface area contributed by atoms with E-state index >= 15 is 0 Å². The Hall–Kier alpha value is -1.96. The van der Waals surface area contributed by atoms with Gasteiger partial charge in [0.05, 0.1) is 11.5 Å². The minimum atomic E-state index is -0.893. The van der Waals surface area contributed by atoms with Crippen LogP contribution in [0.15, 0.2) is 64.0 Å². The molecule has 1 aliphatic heterocycles. The minimum absolute atomic E-state index is 0.291. The Bertz CT molecular complexity index is 913. The van der Waals surface area contributed by atoms with Crippen molar-refractivity contribution in [1.29, 1.82) is 0 Å². The van der Waals surface area contributed by atoms with E-state index in [2.05, 4.69) is 15.9 Å². The number of nitrogens with zero attached hydrogens (tertiary/aromatic N) is 1. The van der Waals surface area contributed by atoms with E-state index in [-0.39, 0.29) is 5.91 Å². The van der Waals surface area contributed by atoms with Crippen molar-refractivity contribution >= 4 is 62.2 Å². The Morgan fingerprint density at radius 2 is 1.89 bits per heavy atom. The molecule has 1 saturated heterocycles. The van der Waals surface area contributed by atoms with E-state index in [9.17, 15) is 9.59 Å². The van der Waals surface area contributed by atoms with Gasteiger partial charge < -0.3 is 4.74 Å². The first-order valence-electron chi connectivity index (χ1n) is 8.75. The molecule has 4 nitrogen and oxygen atoms in total. The Balaban J connectivity index is 1.93. The van der Waals surface area contributed by atoms with Gasteiger partial charge in [0.1, 0.15) is 4.32 Å². The SMILES string of the molecule is CCCOC(=O)C(c1ccccc1)N1C(=O)/C(=C\c2ccc(Br)cc2)SC1=S. The maximum atomic E-state index is 13.1. The molecule has 1 atom stereocenters. The van der Waals surface area contributed by atoms with Crippen LogP contribution in [0.25, 0.3) is 6.08 Å². The lowest BCUT2D eigenvalue weighted by atomic mass is 10.1. The van der Waals surface area contributed by atoms with Crippen LogP contribution in [-0.4, -0.2) is 27.7 Å². The average Bonchev–Trinajstić information content (AvgIpc) is 2.97. The predicted molar refractivity (Wildman–Crippen MR) is 120 cm³/mol. The summed E-state index contributed by atoms with van der Waals surface area (Å²) in [6.07, 6.45) is 2.49. The number of carbonyl (C=O) groups excluding carboxylic acids is 2. The number of thiocarbonyl (C=S) groups is 1. The van der Waals surface area contributed by atoms with Crippen LogP contribution in [0, 0.1) is 0 Å². The zero-order valence-electron chi connectivity index (χ0n) is 15.1. The minimum Gasteiger partial charge on any atom is -0.464 e. The summed E-state index contributed by atoms with van der Waals surface area (Å²) >= 11 is 10.0. The Kier molecular flexibility index (Phi) is 7.04. The molecule has 0 bridgehead atoms. The van der Waals surface area contributed by atoms with Crippen LogP contribution in [0.5, 0.6) is 0 Å². The predicted octanol–water partition coefficient (Wildman–Crippen LogP) is 5.34. The third-order valence-electron chi connectivity index (χ3n) is 4.04. The van der Waals surface area contributed by atoms with E-state index in [1.165, 1.54) is 16.7 Å². The topological polar surface area (TPSA) is 46.6 Å². The van der Waals surface area contributed by atoms with Gasteiger partial charge in [0.15, 0.2) is 6.04 Å². The van der Waals surface area contributed by atoms with Crippen molar-refractivity contribution in [1.82, 2.24) is 4.90 Å². The summed E-state index contributed by atoms with van der Waals surface area (Å²) < 4.78 is 6.66. The molecule has 0 spiro atoms. The van der Waals surface area contributed by atoms with Gasteiger partial charge in [-0.3, -0.25) is 9.69 Å². The Labute approximate surface area is 182 Å². The molecule has 0 N–H and O–H groups in total. The highest BCUT2D eigenvalue weighted by atomic mass is 79.9. The van der Waals surface area contributed by atoms with Crippen LogP contribution >= 0.6 is 39.9 Å². The molecule has 1 fully saturated rings. The van der Waals surface area contributed by atoms with E-state index in [0.717, 1.165) is 10.0 Å². The van der Waals surface area contributed by atoms with Crippen LogP contribution in [0.4, 0.5) is 0 Å². The third-order valence-corrected chi connectivity index (χ3v) is 5.90. The van der Waals surface area contributed by atoms with Gasteiger partial charge in [-0.1, -0.05) is 89.3 Å². The smallest absolute Gasteiger partial charge is 0.333 e. The van der Waals surface area contributed by atoms with E-state index in [0.29, 0.717) is 27.8 Å². The van der Waals surface area contributed by atoms with Crippen LogP contribution < -0.4 is 0 Å². The van der Waals surface area contributed by atoms with E-state index in [4.69, 9.17) is 17.0 Å². The molecule has 2 aromatic carbocycles. The molecular weight excluding hydrogens is 458 g/mol. The molecular formula is C21H18BrNO3S2. The lowest BCUT2D eigenvalue weighted by molar-refractivity contribution is -0.151. The molecule has 0 aromatic heterocycles. The van der Waals surface area contributed by atoms with Gasteiger partial charge in [-0.25, -0.2) is 4.79 Å². The summed E-state index contributed by atoms with van der Waals surface area (Å²) in [5, 5.41) is 0. The number of hydrogen-bond acceptors (Lipinski definition) is 5. The molecule has 0 aliphatic carbocycles. The number of amides is 1. The quantitative estimate of drug-likeness (QED) is 0.320. The fourth-order valence-electron chi connectivity index (χ4n) is 2.72. The summed E-state index contributed by atoms with van der Waals surface area (Å²) in [5.74, 6) is -0.769. The number of hydrogen-bond donors (Lipinski definition) is 0. The number of ether oxygens (including phenoxy) is 1. The summed E-state index contributed by atoms with van der Waals surface area (Å²) in [6, 6.07) is 15.8. The maximum absolute atomic E-state index is 13.1. The average molecular weight is 476 g/mol. The van der Waals surface area contributed by atoms with E-state index in [1.807, 2.05) is 49.4 Å². The van der Waals surface area contributed by atoms with Gasteiger partial charge >= 0.3 is 5.97 Å². The highest BCUT2D eigenvalue weighted by molar-refractivity contribution is 9.10. The summed E-state index contributed by atoms with van der Waals surface area (Å²) in [7, 11) is 0. The second-order valence-electron chi connectivity index (χ2n) is 6.08. The highest BCUT2D eigenvalue weighted by Crippen LogP contribution is 2.38. The standard InChI is InChI=1S/C21H18BrNO3S2/c1-2-12-26-20(25)18(15-6-4-3-5-7-15)23-19(24)17(28-21(23)27)13-14-8-10-16(22)11-9-14/h3-11,13,18H,2,12H2,1H3/b17-13+. The highest BCUT2D eigenvalue weighted by Gasteiger charge is 2.42. The summed E-state index contributed by atoms with van der Waals surface area (Å²) in [5.41, 5.74) is 1.55. The largest absolute Gasteiger partial charge is 0.464 e. The van der Waals surface area contributed by atoms with Crippen molar-refractivity contribution in [3.63, 3.8) is 0 Å². The number of benzene rings is 2. The van der Waals surface area contributed by atoms with Crippen molar-refractivity contribution in [2.45, 2.75) is 19.4 Å².